The van der Waals surface area contributed by atoms with Crippen molar-refractivity contribution >= 4 is 17.2 Å². The van der Waals surface area contributed by atoms with E-state index in [1.165, 1.54) is 12.1 Å². The van der Waals surface area contributed by atoms with Gasteiger partial charge in [0, 0.05) is 55.9 Å². The minimum absolute atomic E-state index is 0.00886. The molecule has 4 heterocycles. The zero-order valence-electron chi connectivity index (χ0n) is 18.2. The molecule has 4 aromatic rings. The molecular weight excluding hydrogens is 419 g/mol. The number of anilines is 1. The number of piperidine rings is 1. The van der Waals surface area contributed by atoms with Gasteiger partial charge in [-0.25, -0.2) is 13.9 Å². The van der Waals surface area contributed by atoms with Crippen LogP contribution in [0.1, 0.15) is 18.4 Å². The maximum Gasteiger partial charge on any atom is 0.223 e. The van der Waals surface area contributed by atoms with Gasteiger partial charge in [0.1, 0.15) is 11.3 Å². The van der Waals surface area contributed by atoms with E-state index in [1.807, 2.05) is 30.6 Å². The monoisotopic (exact) mass is 444 g/mol. The molecule has 0 spiro atoms. The number of fused-ring (bicyclic) bond motifs is 1. The predicted molar refractivity (Wildman–Crippen MR) is 124 cm³/mol. The van der Waals surface area contributed by atoms with Crippen molar-refractivity contribution in [2.24, 2.45) is 5.92 Å². The van der Waals surface area contributed by atoms with Crippen LogP contribution in [0, 0.1) is 11.7 Å². The second-order valence-corrected chi connectivity index (χ2v) is 8.28. The van der Waals surface area contributed by atoms with Gasteiger partial charge in [0.25, 0.3) is 0 Å². The first kappa shape index (κ1) is 21.1. The number of pyridine rings is 1. The molecule has 5 rings (SSSR count). The highest BCUT2D eigenvalue weighted by atomic mass is 19.1. The van der Waals surface area contributed by atoms with E-state index in [9.17, 15) is 9.18 Å². The van der Waals surface area contributed by atoms with Gasteiger partial charge in [-0.1, -0.05) is 6.07 Å². The van der Waals surface area contributed by atoms with Crippen LogP contribution in [-0.2, 0) is 11.2 Å². The van der Waals surface area contributed by atoms with Gasteiger partial charge in [0.05, 0.1) is 5.69 Å². The van der Waals surface area contributed by atoms with Crippen molar-refractivity contribution < 1.29 is 9.18 Å². The van der Waals surface area contributed by atoms with Gasteiger partial charge in [-0.2, -0.15) is 5.10 Å². The number of carbonyl (C=O) groups is 1. The van der Waals surface area contributed by atoms with E-state index in [2.05, 4.69) is 25.3 Å². The molecule has 0 atom stereocenters. The first-order valence-electron chi connectivity index (χ1n) is 11.2. The summed E-state index contributed by atoms with van der Waals surface area (Å²) in [5, 5.41) is 7.70. The Hall–Kier alpha value is -3.81. The average molecular weight is 445 g/mol. The number of benzene rings is 1. The second-order valence-electron chi connectivity index (χ2n) is 8.28. The highest BCUT2D eigenvalue weighted by Crippen LogP contribution is 2.28. The van der Waals surface area contributed by atoms with Crippen LogP contribution in [0.25, 0.3) is 16.8 Å². The van der Waals surface area contributed by atoms with Crippen LogP contribution < -0.4 is 10.2 Å². The van der Waals surface area contributed by atoms with Crippen molar-refractivity contribution in [3.63, 3.8) is 0 Å². The van der Waals surface area contributed by atoms with E-state index in [1.54, 1.807) is 29.0 Å². The minimum atomic E-state index is -0.270. The summed E-state index contributed by atoms with van der Waals surface area (Å²) in [4.78, 5) is 23.6. The van der Waals surface area contributed by atoms with Gasteiger partial charge in [-0.3, -0.25) is 9.78 Å². The van der Waals surface area contributed by atoms with Crippen molar-refractivity contribution in [2.45, 2.75) is 19.3 Å². The number of aromatic nitrogens is 4. The third kappa shape index (κ3) is 4.69. The molecule has 1 aliphatic rings. The molecule has 1 aliphatic heterocycles. The van der Waals surface area contributed by atoms with Crippen molar-refractivity contribution in [1.29, 1.82) is 0 Å². The maximum absolute atomic E-state index is 13.3. The summed E-state index contributed by atoms with van der Waals surface area (Å²) >= 11 is 0. The Morgan fingerprint density at radius 1 is 1.12 bits per heavy atom. The molecule has 1 saturated heterocycles. The summed E-state index contributed by atoms with van der Waals surface area (Å²) in [6.07, 6.45) is 9.47. The van der Waals surface area contributed by atoms with Gasteiger partial charge in [0.15, 0.2) is 5.82 Å². The first-order chi connectivity index (χ1) is 16.2. The van der Waals surface area contributed by atoms with Crippen LogP contribution in [-0.4, -0.2) is 45.1 Å². The van der Waals surface area contributed by atoms with E-state index in [0.717, 1.165) is 60.5 Å². The molecule has 168 valence electrons. The van der Waals surface area contributed by atoms with Gasteiger partial charge in [-0.05, 0) is 61.2 Å². The summed E-state index contributed by atoms with van der Waals surface area (Å²) in [7, 11) is 0. The lowest BCUT2D eigenvalue weighted by Crippen LogP contribution is -2.41. The third-order valence-electron chi connectivity index (χ3n) is 6.11. The molecule has 8 heteroatoms. The fraction of sp³-hybridized carbons (Fsp3) is 0.280. The molecule has 0 aliphatic carbocycles. The third-order valence-corrected chi connectivity index (χ3v) is 6.11. The number of carbonyl (C=O) groups excluding carboxylic acids is 1. The molecule has 7 nitrogen and oxygen atoms in total. The van der Waals surface area contributed by atoms with Crippen molar-refractivity contribution in [1.82, 2.24) is 24.9 Å². The standard InChI is InChI=1S/C25H25FN6O/c26-21-5-3-19(4-6-21)22-16-23-24(28-12-15-32(23)30-22)31-13-8-20(9-14-31)25(33)29-11-7-18-2-1-10-27-17-18/h1-6,10,12,15-17,20H,7-9,11,13-14H2,(H,29,33). The minimum Gasteiger partial charge on any atom is -0.356 e. The highest BCUT2D eigenvalue weighted by molar-refractivity contribution is 5.79. The molecule has 33 heavy (non-hydrogen) atoms. The molecule has 1 fully saturated rings. The number of halogens is 1. The van der Waals surface area contributed by atoms with E-state index in [4.69, 9.17) is 0 Å². The lowest BCUT2D eigenvalue weighted by Gasteiger charge is -2.32. The predicted octanol–water partition coefficient (Wildman–Crippen LogP) is 3.51. The summed E-state index contributed by atoms with van der Waals surface area (Å²) < 4.78 is 15.1. The lowest BCUT2D eigenvalue weighted by atomic mass is 9.95. The van der Waals surface area contributed by atoms with Crippen molar-refractivity contribution in [3.05, 3.63) is 78.6 Å². The van der Waals surface area contributed by atoms with Crippen LogP contribution in [0.3, 0.4) is 0 Å². The Morgan fingerprint density at radius 2 is 1.94 bits per heavy atom. The summed E-state index contributed by atoms with van der Waals surface area (Å²) in [5.74, 6) is 0.713. The lowest BCUT2D eigenvalue weighted by molar-refractivity contribution is -0.125. The molecular formula is C25H25FN6O. The Morgan fingerprint density at radius 3 is 2.70 bits per heavy atom. The van der Waals surface area contributed by atoms with Gasteiger partial charge in [-0.15, -0.1) is 0 Å². The summed E-state index contributed by atoms with van der Waals surface area (Å²) in [5.41, 5.74) is 3.64. The van der Waals surface area contributed by atoms with Crippen molar-refractivity contribution in [2.75, 3.05) is 24.5 Å². The van der Waals surface area contributed by atoms with Gasteiger partial charge < -0.3 is 10.2 Å². The topological polar surface area (TPSA) is 75.4 Å². The fourth-order valence-corrected chi connectivity index (χ4v) is 4.29. The van der Waals surface area contributed by atoms with Crippen LogP contribution in [0.5, 0.6) is 0 Å². The molecule has 1 N–H and O–H groups in total. The molecule has 3 aromatic heterocycles. The SMILES string of the molecule is O=C(NCCc1cccnc1)C1CCN(c2nccn3nc(-c4ccc(F)cc4)cc23)CC1. The number of rotatable bonds is 6. The Balaban J connectivity index is 1.22. The molecule has 0 unspecified atom stereocenters. The summed E-state index contributed by atoms with van der Waals surface area (Å²) in [6, 6.07) is 12.2. The molecule has 1 aromatic carbocycles. The van der Waals surface area contributed by atoms with Crippen LogP contribution >= 0.6 is 0 Å². The maximum atomic E-state index is 13.3. The zero-order chi connectivity index (χ0) is 22.6. The summed E-state index contributed by atoms with van der Waals surface area (Å²) in [6.45, 7) is 2.13. The van der Waals surface area contributed by atoms with Crippen LogP contribution in [0.2, 0.25) is 0 Å². The van der Waals surface area contributed by atoms with Crippen molar-refractivity contribution in [3.8, 4) is 11.3 Å². The Bertz CT molecular complexity index is 1230. The van der Waals surface area contributed by atoms with Gasteiger partial charge in [0.2, 0.25) is 5.91 Å². The smallest absolute Gasteiger partial charge is 0.223 e. The largest absolute Gasteiger partial charge is 0.356 e. The van der Waals surface area contributed by atoms with E-state index < -0.39 is 0 Å². The Labute approximate surface area is 191 Å². The first-order valence-corrected chi connectivity index (χ1v) is 11.2. The highest BCUT2D eigenvalue weighted by Gasteiger charge is 2.26. The number of nitrogens with one attached hydrogen (secondary N) is 1. The average Bonchev–Trinajstić information content (AvgIpc) is 3.30. The van der Waals surface area contributed by atoms with Crippen LogP contribution in [0.4, 0.5) is 10.2 Å². The quantitative estimate of drug-likeness (QED) is 0.493. The second kappa shape index (κ2) is 9.36. The number of hydrogen-bond acceptors (Lipinski definition) is 5. The van der Waals surface area contributed by atoms with E-state index >= 15 is 0 Å². The number of amides is 1. The molecule has 0 bridgehead atoms. The molecule has 0 saturated carbocycles. The fourth-order valence-electron chi connectivity index (χ4n) is 4.29. The molecule has 1 amide bonds. The number of hydrogen-bond donors (Lipinski definition) is 1. The van der Waals surface area contributed by atoms with E-state index in [-0.39, 0.29) is 17.6 Å². The zero-order valence-corrected chi connectivity index (χ0v) is 18.2. The number of nitrogens with zero attached hydrogens (tertiary/aromatic N) is 5. The Kier molecular flexibility index (Phi) is 5.97. The van der Waals surface area contributed by atoms with Crippen LogP contribution in [0.15, 0.2) is 67.3 Å². The normalized spacial score (nSPS) is 14.5. The van der Waals surface area contributed by atoms with Gasteiger partial charge >= 0.3 is 0 Å². The molecule has 0 radical (unpaired) electrons. The van der Waals surface area contributed by atoms with E-state index in [0.29, 0.717) is 6.54 Å².